The molecule has 0 unspecified atom stereocenters. The first-order chi connectivity index (χ1) is 10.5. The van der Waals surface area contributed by atoms with Gasteiger partial charge >= 0.3 is 12.3 Å². The molecule has 7 nitrogen and oxygen atoms in total. The van der Waals surface area contributed by atoms with Crippen LogP contribution in [0, 0.1) is 6.92 Å². The van der Waals surface area contributed by atoms with Gasteiger partial charge in [0.05, 0.1) is 18.9 Å². The molecule has 1 aromatic rings. The highest BCUT2D eigenvalue weighted by atomic mass is 35.5. The lowest BCUT2D eigenvalue weighted by molar-refractivity contribution is 0.0527. The maximum atomic E-state index is 11.5. The Kier molecular flexibility index (Phi) is 10.1. The minimum absolute atomic E-state index is 0. The summed E-state index contributed by atoms with van der Waals surface area (Å²) in [7, 11) is 0. The van der Waals surface area contributed by atoms with Gasteiger partial charge in [0.2, 0.25) is 0 Å². The molecule has 1 aromatic heterocycles. The fourth-order valence-electron chi connectivity index (χ4n) is 1.61. The molecule has 0 aliphatic rings. The molecule has 0 aromatic carbocycles. The van der Waals surface area contributed by atoms with Crippen LogP contribution in [0.5, 0.6) is 5.75 Å². The Balaban J connectivity index is 0.00000484. The molecule has 0 bridgehead atoms. The molecule has 0 radical (unpaired) electrons. The molecule has 0 atom stereocenters. The summed E-state index contributed by atoms with van der Waals surface area (Å²) in [6.45, 7) is 5.20. The van der Waals surface area contributed by atoms with E-state index in [0.717, 1.165) is 0 Å². The van der Waals surface area contributed by atoms with Crippen LogP contribution in [0.25, 0.3) is 0 Å². The largest absolute Gasteiger partial charge is 0.513 e. The number of aromatic nitrogens is 1. The average Bonchev–Trinajstić information content (AvgIpc) is 2.48. The standard InChI is InChI=1S/C14H18ClNO6.ClH/c1-4-19-13(17)21-8-11-10(6-15)7-16-9(3)12(11)22-14(18)20-5-2;/h7H,4-6,8H2,1-3H3;1H. The Hall–Kier alpha value is -1.73. The normalized spacial score (nSPS) is 9.57. The first-order valence-electron chi connectivity index (χ1n) is 6.70. The number of hydrogen-bond donors (Lipinski definition) is 0. The van der Waals surface area contributed by atoms with E-state index in [9.17, 15) is 9.59 Å². The van der Waals surface area contributed by atoms with Crippen LogP contribution in [-0.4, -0.2) is 30.5 Å². The predicted molar refractivity (Wildman–Crippen MR) is 85.2 cm³/mol. The fraction of sp³-hybridized carbons (Fsp3) is 0.500. The van der Waals surface area contributed by atoms with Crippen molar-refractivity contribution in [3.05, 3.63) is 23.0 Å². The Morgan fingerprint density at radius 1 is 1.13 bits per heavy atom. The van der Waals surface area contributed by atoms with Crippen LogP contribution in [-0.2, 0) is 26.7 Å². The van der Waals surface area contributed by atoms with Crippen molar-refractivity contribution >= 4 is 36.3 Å². The minimum Gasteiger partial charge on any atom is -0.435 e. The van der Waals surface area contributed by atoms with Gasteiger partial charge in [0.1, 0.15) is 6.61 Å². The van der Waals surface area contributed by atoms with Crippen LogP contribution < -0.4 is 4.74 Å². The molecule has 0 spiro atoms. The summed E-state index contributed by atoms with van der Waals surface area (Å²) < 4.78 is 19.5. The molecule has 0 fully saturated rings. The molecule has 0 aliphatic heterocycles. The molecule has 0 saturated heterocycles. The lowest BCUT2D eigenvalue weighted by atomic mass is 10.1. The van der Waals surface area contributed by atoms with E-state index in [0.29, 0.717) is 16.8 Å². The van der Waals surface area contributed by atoms with Crippen LogP contribution in [0.15, 0.2) is 6.20 Å². The van der Waals surface area contributed by atoms with Crippen LogP contribution in [0.4, 0.5) is 9.59 Å². The number of nitrogens with zero attached hydrogens (tertiary/aromatic N) is 1. The van der Waals surface area contributed by atoms with Crippen LogP contribution in [0.2, 0.25) is 0 Å². The molecule has 0 N–H and O–H groups in total. The number of alkyl halides is 1. The van der Waals surface area contributed by atoms with E-state index in [4.69, 9.17) is 25.8 Å². The summed E-state index contributed by atoms with van der Waals surface area (Å²) >= 11 is 5.85. The number of pyridine rings is 1. The van der Waals surface area contributed by atoms with Gasteiger partial charge in [-0.2, -0.15) is 0 Å². The van der Waals surface area contributed by atoms with Crippen molar-refractivity contribution in [2.45, 2.75) is 33.3 Å². The quantitative estimate of drug-likeness (QED) is 0.558. The lowest BCUT2D eigenvalue weighted by Gasteiger charge is -2.15. The number of rotatable bonds is 6. The Morgan fingerprint density at radius 2 is 1.74 bits per heavy atom. The minimum atomic E-state index is -0.864. The van der Waals surface area contributed by atoms with Crippen molar-refractivity contribution in [1.29, 1.82) is 0 Å². The van der Waals surface area contributed by atoms with Crippen molar-refractivity contribution in [2.24, 2.45) is 0 Å². The summed E-state index contributed by atoms with van der Waals surface area (Å²) in [5.41, 5.74) is 1.48. The first kappa shape index (κ1) is 21.3. The number of ether oxygens (including phenoxy) is 4. The van der Waals surface area contributed by atoms with Crippen molar-refractivity contribution in [2.75, 3.05) is 13.2 Å². The molecule has 130 valence electrons. The smallest absolute Gasteiger partial charge is 0.435 e. The molecule has 0 amide bonds. The number of carbonyl (C=O) groups excluding carboxylic acids is 2. The summed E-state index contributed by atoms with van der Waals surface area (Å²) in [5.74, 6) is 0.287. The number of hydrogen-bond acceptors (Lipinski definition) is 7. The monoisotopic (exact) mass is 367 g/mol. The highest BCUT2D eigenvalue weighted by molar-refractivity contribution is 6.17. The molecule has 23 heavy (non-hydrogen) atoms. The van der Waals surface area contributed by atoms with Gasteiger partial charge in [0.25, 0.3) is 0 Å². The van der Waals surface area contributed by atoms with Gasteiger partial charge < -0.3 is 18.9 Å². The second-order valence-corrected chi connectivity index (χ2v) is 4.33. The van der Waals surface area contributed by atoms with E-state index in [1.165, 1.54) is 6.20 Å². The third-order valence-electron chi connectivity index (χ3n) is 2.59. The zero-order valence-electron chi connectivity index (χ0n) is 13.1. The van der Waals surface area contributed by atoms with Gasteiger partial charge in [0.15, 0.2) is 5.75 Å². The van der Waals surface area contributed by atoms with E-state index in [1.807, 2.05) is 0 Å². The predicted octanol–water partition coefficient (Wildman–Crippen LogP) is 3.76. The molecule has 1 heterocycles. The van der Waals surface area contributed by atoms with Gasteiger partial charge in [-0.25, -0.2) is 9.59 Å². The second-order valence-electron chi connectivity index (χ2n) is 4.07. The number of aryl methyl sites for hydroxylation is 1. The Bertz CT molecular complexity index is 538. The third kappa shape index (κ3) is 6.50. The third-order valence-corrected chi connectivity index (χ3v) is 2.88. The summed E-state index contributed by atoms with van der Waals surface area (Å²) in [6.07, 6.45) is -0.152. The van der Waals surface area contributed by atoms with Crippen LogP contribution >= 0.6 is 24.0 Å². The fourth-order valence-corrected chi connectivity index (χ4v) is 1.84. The molecular formula is C14H19Cl2NO6. The van der Waals surface area contributed by atoms with E-state index < -0.39 is 12.3 Å². The van der Waals surface area contributed by atoms with Gasteiger partial charge in [-0.15, -0.1) is 24.0 Å². The Labute approximate surface area is 145 Å². The van der Waals surface area contributed by atoms with Gasteiger partial charge in [-0.3, -0.25) is 4.98 Å². The van der Waals surface area contributed by atoms with E-state index in [1.54, 1.807) is 20.8 Å². The van der Waals surface area contributed by atoms with Crippen molar-refractivity contribution in [1.82, 2.24) is 4.98 Å². The van der Waals surface area contributed by atoms with Gasteiger partial charge in [-0.05, 0) is 26.3 Å². The molecule has 9 heteroatoms. The first-order valence-corrected chi connectivity index (χ1v) is 7.24. The van der Waals surface area contributed by atoms with Crippen molar-refractivity contribution < 1.29 is 28.5 Å². The molecule has 0 saturated carbocycles. The van der Waals surface area contributed by atoms with Crippen LogP contribution in [0.1, 0.15) is 30.7 Å². The molecule has 0 aliphatic carbocycles. The SMILES string of the molecule is CCOC(=O)OCc1c(CCl)cnc(C)c1OC(=O)OCC.Cl. The zero-order chi connectivity index (χ0) is 16.5. The summed E-state index contributed by atoms with van der Waals surface area (Å²) in [6, 6.07) is 0. The van der Waals surface area contributed by atoms with Crippen molar-refractivity contribution in [3.8, 4) is 5.75 Å². The molecular weight excluding hydrogens is 349 g/mol. The Morgan fingerprint density at radius 3 is 2.30 bits per heavy atom. The van der Waals surface area contributed by atoms with Gasteiger partial charge in [-0.1, -0.05) is 0 Å². The van der Waals surface area contributed by atoms with Crippen LogP contribution in [0.3, 0.4) is 0 Å². The van der Waals surface area contributed by atoms with Gasteiger partial charge in [0, 0.05) is 17.6 Å². The van der Waals surface area contributed by atoms with E-state index >= 15 is 0 Å². The summed E-state index contributed by atoms with van der Waals surface area (Å²) in [5, 5.41) is 0. The topological polar surface area (TPSA) is 84.0 Å². The van der Waals surface area contributed by atoms with E-state index in [-0.39, 0.29) is 43.9 Å². The maximum Gasteiger partial charge on any atom is 0.513 e. The van der Waals surface area contributed by atoms with Crippen molar-refractivity contribution in [3.63, 3.8) is 0 Å². The highest BCUT2D eigenvalue weighted by Gasteiger charge is 2.19. The number of halogens is 2. The second kappa shape index (κ2) is 10.9. The lowest BCUT2D eigenvalue weighted by Crippen LogP contribution is -2.15. The number of carbonyl (C=O) groups is 2. The maximum absolute atomic E-state index is 11.5. The zero-order valence-corrected chi connectivity index (χ0v) is 14.7. The summed E-state index contributed by atoms with van der Waals surface area (Å²) in [4.78, 5) is 26.9. The highest BCUT2D eigenvalue weighted by Crippen LogP contribution is 2.28. The molecule has 1 rings (SSSR count). The average molecular weight is 368 g/mol. The van der Waals surface area contributed by atoms with E-state index in [2.05, 4.69) is 9.72 Å².